The lowest BCUT2D eigenvalue weighted by Gasteiger charge is -2.16. The van der Waals surface area contributed by atoms with E-state index in [9.17, 15) is 4.79 Å². The fourth-order valence-electron chi connectivity index (χ4n) is 2.35. The molecule has 112 valence electrons. The van der Waals surface area contributed by atoms with Gasteiger partial charge in [-0.2, -0.15) is 0 Å². The van der Waals surface area contributed by atoms with E-state index in [4.69, 9.17) is 10.5 Å². The van der Waals surface area contributed by atoms with Crippen LogP contribution in [0.1, 0.15) is 29.9 Å². The minimum absolute atomic E-state index is 0.0297. The monoisotopic (exact) mass is 298 g/mol. The van der Waals surface area contributed by atoms with E-state index < -0.39 is 0 Å². The predicted octanol–water partition coefficient (Wildman–Crippen LogP) is 1.43. The Morgan fingerprint density at radius 2 is 2.25 bits per heavy atom. The van der Waals surface area contributed by atoms with Crippen molar-refractivity contribution in [2.24, 2.45) is 0 Å². The molecule has 0 spiro atoms. The number of rotatable bonds is 5. The molecule has 2 heterocycles. The van der Waals surface area contributed by atoms with Crippen LogP contribution in [0.25, 0.3) is 0 Å². The molecule has 20 heavy (non-hydrogen) atoms. The highest BCUT2D eigenvalue weighted by atomic mass is 32.1. The number of hydrogen-bond donors (Lipinski definition) is 1. The summed E-state index contributed by atoms with van der Waals surface area (Å²) in [7, 11) is 1.68. The SMILES string of the molecule is CCN(CC)c1nc(N)c(C(=O)N2CCC(OC)C2)s1. The number of likely N-dealkylation sites (tertiary alicyclic amines) is 1. The van der Waals surface area contributed by atoms with E-state index in [2.05, 4.69) is 23.7 Å². The average molecular weight is 298 g/mol. The first-order chi connectivity index (χ1) is 9.60. The molecule has 0 aromatic carbocycles. The number of amides is 1. The van der Waals surface area contributed by atoms with Crippen molar-refractivity contribution in [3.05, 3.63) is 4.88 Å². The van der Waals surface area contributed by atoms with Gasteiger partial charge in [0.2, 0.25) is 0 Å². The van der Waals surface area contributed by atoms with Crippen molar-refractivity contribution in [3.8, 4) is 0 Å². The molecule has 2 N–H and O–H groups in total. The largest absolute Gasteiger partial charge is 0.382 e. The van der Waals surface area contributed by atoms with Gasteiger partial charge in [-0.3, -0.25) is 4.79 Å². The minimum Gasteiger partial charge on any atom is -0.382 e. The summed E-state index contributed by atoms with van der Waals surface area (Å²) in [4.78, 5) is 21.2. The van der Waals surface area contributed by atoms with E-state index in [0.717, 1.165) is 31.2 Å². The van der Waals surface area contributed by atoms with Gasteiger partial charge in [0, 0.05) is 33.3 Å². The van der Waals surface area contributed by atoms with E-state index in [1.54, 1.807) is 12.0 Å². The highest BCUT2D eigenvalue weighted by Crippen LogP contribution is 2.30. The molecular weight excluding hydrogens is 276 g/mol. The summed E-state index contributed by atoms with van der Waals surface area (Å²) in [6, 6.07) is 0. The van der Waals surface area contributed by atoms with Crippen molar-refractivity contribution in [1.29, 1.82) is 0 Å². The number of nitrogens with two attached hydrogens (primary N) is 1. The van der Waals surface area contributed by atoms with Crippen LogP contribution in [0.2, 0.25) is 0 Å². The lowest BCUT2D eigenvalue weighted by molar-refractivity contribution is 0.0729. The third kappa shape index (κ3) is 2.88. The van der Waals surface area contributed by atoms with E-state index in [1.807, 2.05) is 0 Å². The van der Waals surface area contributed by atoms with Crippen LogP contribution in [0.5, 0.6) is 0 Å². The van der Waals surface area contributed by atoms with Gasteiger partial charge in [-0.25, -0.2) is 4.98 Å². The summed E-state index contributed by atoms with van der Waals surface area (Å²) in [5.41, 5.74) is 5.92. The fourth-order valence-corrected chi connectivity index (χ4v) is 3.43. The highest BCUT2D eigenvalue weighted by molar-refractivity contribution is 7.18. The molecule has 1 unspecified atom stereocenters. The normalized spacial score (nSPS) is 18.6. The standard InChI is InChI=1S/C13H22N4O2S/c1-4-16(5-2)13-15-11(14)10(20-13)12(18)17-7-6-9(8-17)19-3/h9H,4-8,14H2,1-3H3. The fraction of sp³-hybridized carbons (Fsp3) is 0.692. The van der Waals surface area contributed by atoms with Crippen molar-refractivity contribution < 1.29 is 9.53 Å². The molecule has 1 aromatic rings. The molecule has 1 amide bonds. The zero-order chi connectivity index (χ0) is 14.7. The quantitative estimate of drug-likeness (QED) is 0.890. The van der Waals surface area contributed by atoms with Crippen LogP contribution >= 0.6 is 11.3 Å². The lowest BCUT2D eigenvalue weighted by atomic mass is 10.3. The molecule has 1 atom stereocenters. The Balaban J connectivity index is 2.14. The first-order valence-corrected chi connectivity index (χ1v) is 7.75. The Kier molecular flexibility index (Phi) is 4.82. The van der Waals surface area contributed by atoms with Crippen molar-refractivity contribution in [2.75, 3.05) is 43.9 Å². The molecular formula is C13H22N4O2S. The van der Waals surface area contributed by atoms with Gasteiger partial charge in [0.25, 0.3) is 5.91 Å². The lowest BCUT2D eigenvalue weighted by Crippen LogP contribution is -2.29. The molecule has 0 saturated carbocycles. The van der Waals surface area contributed by atoms with Gasteiger partial charge in [-0.15, -0.1) is 0 Å². The summed E-state index contributed by atoms with van der Waals surface area (Å²) >= 11 is 1.38. The van der Waals surface area contributed by atoms with E-state index >= 15 is 0 Å². The summed E-state index contributed by atoms with van der Waals surface area (Å²) in [6.07, 6.45) is 1.01. The third-order valence-electron chi connectivity index (χ3n) is 3.64. The maximum absolute atomic E-state index is 12.5. The Morgan fingerprint density at radius 3 is 2.80 bits per heavy atom. The Labute approximate surface area is 123 Å². The Hall–Kier alpha value is -1.34. The average Bonchev–Trinajstić information content (AvgIpc) is 3.06. The first kappa shape index (κ1) is 15.1. The number of carbonyl (C=O) groups is 1. The maximum atomic E-state index is 12.5. The van der Waals surface area contributed by atoms with E-state index in [1.165, 1.54) is 11.3 Å². The Morgan fingerprint density at radius 1 is 1.55 bits per heavy atom. The van der Waals surface area contributed by atoms with Gasteiger partial charge >= 0.3 is 0 Å². The molecule has 0 bridgehead atoms. The second kappa shape index (κ2) is 6.41. The number of methoxy groups -OCH3 is 1. The summed E-state index contributed by atoms with van der Waals surface area (Å²) in [5.74, 6) is 0.306. The van der Waals surface area contributed by atoms with Gasteiger partial charge in [0.15, 0.2) is 5.13 Å². The van der Waals surface area contributed by atoms with Crippen LogP contribution < -0.4 is 10.6 Å². The number of nitrogens with zero attached hydrogens (tertiary/aromatic N) is 3. The van der Waals surface area contributed by atoms with Crippen LogP contribution in [-0.2, 0) is 4.74 Å². The Bertz CT molecular complexity index is 473. The van der Waals surface area contributed by atoms with Crippen molar-refractivity contribution in [2.45, 2.75) is 26.4 Å². The molecule has 0 radical (unpaired) electrons. The molecule has 2 rings (SSSR count). The van der Waals surface area contributed by atoms with Gasteiger partial charge < -0.3 is 20.3 Å². The molecule has 0 aliphatic carbocycles. The number of thiazole rings is 1. The van der Waals surface area contributed by atoms with Gasteiger partial charge in [0.1, 0.15) is 10.7 Å². The minimum atomic E-state index is -0.0297. The second-order valence-corrected chi connectivity index (χ2v) is 5.76. The van der Waals surface area contributed by atoms with Crippen LogP contribution in [0.4, 0.5) is 10.9 Å². The number of carbonyl (C=O) groups excluding carboxylic acids is 1. The summed E-state index contributed by atoms with van der Waals surface area (Å²) < 4.78 is 5.29. The highest BCUT2D eigenvalue weighted by Gasteiger charge is 2.29. The van der Waals surface area contributed by atoms with Crippen molar-refractivity contribution in [3.63, 3.8) is 0 Å². The molecule has 1 aliphatic heterocycles. The van der Waals surface area contributed by atoms with E-state index in [0.29, 0.717) is 17.2 Å². The number of nitrogen functional groups attached to an aromatic ring is 1. The molecule has 1 fully saturated rings. The van der Waals surface area contributed by atoms with Crippen molar-refractivity contribution in [1.82, 2.24) is 9.88 Å². The maximum Gasteiger partial charge on any atom is 0.267 e. The number of ether oxygens (including phenoxy) is 1. The van der Waals surface area contributed by atoms with Crippen molar-refractivity contribution >= 4 is 28.2 Å². The molecule has 7 heteroatoms. The first-order valence-electron chi connectivity index (χ1n) is 6.94. The van der Waals surface area contributed by atoms with Crippen LogP contribution in [0.3, 0.4) is 0 Å². The smallest absolute Gasteiger partial charge is 0.267 e. The topological polar surface area (TPSA) is 71.7 Å². The zero-order valence-corrected chi connectivity index (χ0v) is 13.1. The zero-order valence-electron chi connectivity index (χ0n) is 12.3. The molecule has 1 saturated heterocycles. The predicted molar refractivity (Wildman–Crippen MR) is 81.4 cm³/mol. The summed E-state index contributed by atoms with van der Waals surface area (Å²) in [6.45, 7) is 7.18. The molecule has 1 aromatic heterocycles. The summed E-state index contributed by atoms with van der Waals surface area (Å²) in [5, 5.41) is 0.818. The number of anilines is 2. The van der Waals surface area contributed by atoms with Gasteiger partial charge in [0.05, 0.1) is 6.10 Å². The molecule has 1 aliphatic rings. The van der Waals surface area contributed by atoms with E-state index in [-0.39, 0.29) is 12.0 Å². The van der Waals surface area contributed by atoms with Gasteiger partial charge in [-0.05, 0) is 20.3 Å². The van der Waals surface area contributed by atoms with Gasteiger partial charge in [-0.1, -0.05) is 11.3 Å². The number of aromatic nitrogens is 1. The van der Waals surface area contributed by atoms with Crippen LogP contribution in [0, 0.1) is 0 Å². The third-order valence-corrected chi connectivity index (χ3v) is 4.76. The molecule has 6 nitrogen and oxygen atoms in total. The van der Waals surface area contributed by atoms with Crippen LogP contribution in [0.15, 0.2) is 0 Å². The second-order valence-electron chi connectivity index (χ2n) is 4.78. The number of hydrogen-bond acceptors (Lipinski definition) is 6. The van der Waals surface area contributed by atoms with Crippen LogP contribution in [-0.4, -0.2) is 55.2 Å².